The third-order valence-electron chi connectivity index (χ3n) is 1.80. The molecule has 0 aliphatic heterocycles. The lowest BCUT2D eigenvalue weighted by Gasteiger charge is -2.09. The average molecular weight is 216 g/mol. The van der Waals surface area contributed by atoms with Crippen LogP contribution in [0.2, 0.25) is 5.28 Å². The average Bonchev–Trinajstić information content (AvgIpc) is 2.10. The van der Waals surface area contributed by atoms with Gasteiger partial charge in [0.1, 0.15) is 5.82 Å². The SMILES string of the molecule is Cc1cnc(Cl)nc1NCCC(C)O. The van der Waals surface area contributed by atoms with Crippen LogP contribution in [-0.4, -0.2) is 27.7 Å². The molecular weight excluding hydrogens is 202 g/mol. The Balaban J connectivity index is 2.53. The lowest BCUT2D eigenvalue weighted by molar-refractivity contribution is 0.188. The molecule has 0 bridgehead atoms. The monoisotopic (exact) mass is 215 g/mol. The number of nitrogens with one attached hydrogen (secondary N) is 1. The molecule has 1 unspecified atom stereocenters. The number of aliphatic hydroxyl groups excluding tert-OH is 1. The summed E-state index contributed by atoms with van der Waals surface area (Å²) in [6.45, 7) is 4.33. The van der Waals surface area contributed by atoms with E-state index in [4.69, 9.17) is 16.7 Å². The molecule has 0 amide bonds. The minimum atomic E-state index is -0.305. The highest BCUT2D eigenvalue weighted by atomic mass is 35.5. The van der Waals surface area contributed by atoms with Gasteiger partial charge >= 0.3 is 0 Å². The van der Waals surface area contributed by atoms with Gasteiger partial charge in [0, 0.05) is 18.3 Å². The van der Waals surface area contributed by atoms with E-state index in [2.05, 4.69) is 15.3 Å². The molecule has 0 aliphatic rings. The van der Waals surface area contributed by atoms with E-state index in [0.29, 0.717) is 13.0 Å². The summed E-state index contributed by atoms with van der Waals surface area (Å²) >= 11 is 5.65. The highest BCUT2D eigenvalue weighted by Gasteiger charge is 2.02. The Bertz CT molecular complexity index is 304. The first-order chi connectivity index (χ1) is 6.59. The second kappa shape index (κ2) is 5.12. The molecule has 1 aromatic heterocycles. The van der Waals surface area contributed by atoms with E-state index < -0.39 is 0 Å². The molecule has 1 atom stereocenters. The fourth-order valence-corrected chi connectivity index (χ4v) is 1.13. The Morgan fingerprint density at radius 3 is 3.00 bits per heavy atom. The van der Waals surface area contributed by atoms with Crippen molar-refractivity contribution in [1.82, 2.24) is 9.97 Å². The van der Waals surface area contributed by atoms with Crippen LogP contribution < -0.4 is 5.32 Å². The Hall–Kier alpha value is -0.870. The van der Waals surface area contributed by atoms with Crippen LogP contribution in [0.15, 0.2) is 6.20 Å². The topological polar surface area (TPSA) is 58.0 Å². The Morgan fingerprint density at radius 1 is 1.64 bits per heavy atom. The maximum atomic E-state index is 9.06. The summed E-state index contributed by atoms with van der Waals surface area (Å²) < 4.78 is 0. The third kappa shape index (κ3) is 3.47. The maximum Gasteiger partial charge on any atom is 0.224 e. The van der Waals surface area contributed by atoms with E-state index >= 15 is 0 Å². The van der Waals surface area contributed by atoms with Crippen LogP contribution in [0.1, 0.15) is 18.9 Å². The lowest BCUT2D eigenvalue weighted by Crippen LogP contribution is -2.11. The summed E-state index contributed by atoms with van der Waals surface area (Å²) in [4.78, 5) is 7.88. The Kier molecular flexibility index (Phi) is 4.10. The molecule has 5 heteroatoms. The van der Waals surface area contributed by atoms with Crippen molar-refractivity contribution < 1.29 is 5.11 Å². The Morgan fingerprint density at radius 2 is 2.36 bits per heavy atom. The van der Waals surface area contributed by atoms with Gasteiger partial charge in [-0.05, 0) is 31.9 Å². The van der Waals surface area contributed by atoms with Crippen molar-refractivity contribution in [2.24, 2.45) is 0 Å². The molecule has 78 valence electrons. The summed E-state index contributed by atoms with van der Waals surface area (Å²) in [6, 6.07) is 0. The highest BCUT2D eigenvalue weighted by Crippen LogP contribution is 2.12. The van der Waals surface area contributed by atoms with E-state index in [1.54, 1.807) is 13.1 Å². The Labute approximate surface area is 88.3 Å². The van der Waals surface area contributed by atoms with Gasteiger partial charge in [0.05, 0.1) is 6.10 Å². The van der Waals surface area contributed by atoms with Crippen molar-refractivity contribution in [2.75, 3.05) is 11.9 Å². The molecule has 0 radical (unpaired) electrons. The van der Waals surface area contributed by atoms with E-state index in [-0.39, 0.29) is 11.4 Å². The van der Waals surface area contributed by atoms with Crippen LogP contribution in [-0.2, 0) is 0 Å². The van der Waals surface area contributed by atoms with Gasteiger partial charge in [-0.2, -0.15) is 0 Å². The van der Waals surface area contributed by atoms with E-state index in [1.165, 1.54) is 0 Å². The van der Waals surface area contributed by atoms with Crippen molar-refractivity contribution in [3.8, 4) is 0 Å². The van der Waals surface area contributed by atoms with Crippen molar-refractivity contribution in [3.63, 3.8) is 0 Å². The van der Waals surface area contributed by atoms with Crippen LogP contribution in [0.3, 0.4) is 0 Å². The molecule has 0 fully saturated rings. The van der Waals surface area contributed by atoms with E-state index in [1.807, 2.05) is 6.92 Å². The first-order valence-corrected chi connectivity index (χ1v) is 4.88. The molecule has 4 nitrogen and oxygen atoms in total. The number of hydrogen-bond acceptors (Lipinski definition) is 4. The summed E-state index contributed by atoms with van der Waals surface area (Å²) in [5, 5.41) is 12.4. The van der Waals surface area contributed by atoms with Gasteiger partial charge in [0.2, 0.25) is 5.28 Å². The summed E-state index contributed by atoms with van der Waals surface area (Å²) in [5.74, 6) is 0.727. The first-order valence-electron chi connectivity index (χ1n) is 4.50. The standard InChI is InChI=1S/C9H14ClN3O/c1-6-5-12-9(10)13-8(6)11-4-3-7(2)14/h5,7,14H,3-4H2,1-2H3,(H,11,12,13). The molecule has 1 aromatic rings. The van der Waals surface area contributed by atoms with Gasteiger partial charge in [-0.15, -0.1) is 0 Å². The molecular formula is C9H14ClN3O. The number of aliphatic hydroxyl groups is 1. The molecule has 2 N–H and O–H groups in total. The van der Waals surface area contributed by atoms with E-state index in [9.17, 15) is 0 Å². The number of halogens is 1. The van der Waals surface area contributed by atoms with Crippen molar-refractivity contribution >= 4 is 17.4 Å². The molecule has 0 spiro atoms. The maximum absolute atomic E-state index is 9.06. The van der Waals surface area contributed by atoms with Gasteiger partial charge < -0.3 is 10.4 Å². The second-order valence-electron chi connectivity index (χ2n) is 3.24. The second-order valence-corrected chi connectivity index (χ2v) is 3.57. The summed E-state index contributed by atoms with van der Waals surface area (Å²) in [6.07, 6.45) is 2.04. The van der Waals surface area contributed by atoms with Crippen LogP contribution in [0.4, 0.5) is 5.82 Å². The highest BCUT2D eigenvalue weighted by molar-refractivity contribution is 6.28. The normalized spacial score (nSPS) is 12.6. The predicted octanol–water partition coefficient (Wildman–Crippen LogP) is 1.62. The van der Waals surface area contributed by atoms with Crippen molar-refractivity contribution in [2.45, 2.75) is 26.4 Å². The van der Waals surface area contributed by atoms with Gasteiger partial charge in [-0.25, -0.2) is 9.97 Å². The molecule has 14 heavy (non-hydrogen) atoms. The van der Waals surface area contributed by atoms with Gasteiger partial charge in [0.15, 0.2) is 0 Å². The molecule has 0 saturated heterocycles. The number of anilines is 1. The minimum absolute atomic E-state index is 0.232. The van der Waals surface area contributed by atoms with E-state index in [0.717, 1.165) is 11.4 Å². The lowest BCUT2D eigenvalue weighted by atomic mass is 10.3. The fraction of sp³-hybridized carbons (Fsp3) is 0.556. The number of aryl methyl sites for hydroxylation is 1. The largest absolute Gasteiger partial charge is 0.393 e. The van der Waals surface area contributed by atoms with Crippen LogP contribution in [0, 0.1) is 6.92 Å². The number of aromatic nitrogens is 2. The van der Waals surface area contributed by atoms with Gasteiger partial charge in [-0.1, -0.05) is 0 Å². The summed E-state index contributed by atoms with van der Waals surface area (Å²) in [7, 11) is 0. The number of nitrogens with zero attached hydrogens (tertiary/aromatic N) is 2. The predicted molar refractivity (Wildman–Crippen MR) is 56.6 cm³/mol. The molecule has 1 rings (SSSR count). The van der Waals surface area contributed by atoms with Crippen LogP contribution in [0.5, 0.6) is 0 Å². The zero-order valence-electron chi connectivity index (χ0n) is 8.29. The van der Waals surface area contributed by atoms with Crippen LogP contribution in [0.25, 0.3) is 0 Å². The third-order valence-corrected chi connectivity index (χ3v) is 1.98. The molecule has 0 aliphatic carbocycles. The number of hydrogen-bond donors (Lipinski definition) is 2. The van der Waals surface area contributed by atoms with Crippen molar-refractivity contribution in [3.05, 3.63) is 17.0 Å². The smallest absolute Gasteiger partial charge is 0.224 e. The van der Waals surface area contributed by atoms with Gasteiger partial charge in [0.25, 0.3) is 0 Å². The van der Waals surface area contributed by atoms with Crippen molar-refractivity contribution in [1.29, 1.82) is 0 Å². The first kappa shape index (κ1) is 11.2. The minimum Gasteiger partial charge on any atom is -0.393 e. The fourth-order valence-electron chi connectivity index (χ4n) is 0.999. The molecule has 0 aromatic carbocycles. The van der Waals surface area contributed by atoms with Gasteiger partial charge in [-0.3, -0.25) is 0 Å². The molecule has 1 heterocycles. The quantitative estimate of drug-likeness (QED) is 0.750. The summed E-state index contributed by atoms with van der Waals surface area (Å²) in [5.41, 5.74) is 0.944. The zero-order valence-corrected chi connectivity index (χ0v) is 9.04. The molecule has 0 saturated carbocycles. The van der Waals surface area contributed by atoms with Crippen LogP contribution >= 0.6 is 11.6 Å². The zero-order chi connectivity index (χ0) is 10.6. The number of rotatable bonds is 4.